The Hall–Kier alpha value is -2.71. The van der Waals surface area contributed by atoms with Crippen molar-refractivity contribution in [3.63, 3.8) is 0 Å². The molecule has 1 saturated heterocycles. The van der Waals surface area contributed by atoms with Crippen molar-refractivity contribution in [1.29, 1.82) is 0 Å². The summed E-state index contributed by atoms with van der Waals surface area (Å²) in [6.07, 6.45) is 1.03. The van der Waals surface area contributed by atoms with Crippen molar-refractivity contribution in [3.8, 4) is 11.3 Å². The number of aromatic nitrogens is 1. The van der Waals surface area contributed by atoms with Crippen LogP contribution >= 0.6 is 0 Å². The monoisotopic (exact) mass is 373 g/mol. The highest BCUT2D eigenvalue weighted by atomic mass is 16.5. The highest BCUT2D eigenvalue weighted by Crippen LogP contribution is 2.25. The summed E-state index contributed by atoms with van der Waals surface area (Å²) < 4.78 is 11.2. The topological polar surface area (TPSA) is 96.1 Å². The Balaban J connectivity index is 1.70. The molecule has 1 aliphatic heterocycles. The van der Waals surface area contributed by atoms with Crippen LogP contribution in [0.1, 0.15) is 16.1 Å². The van der Waals surface area contributed by atoms with Crippen LogP contribution in [0.4, 0.5) is 0 Å². The number of nitrogens with zero attached hydrogens (tertiary/aromatic N) is 3. The average molecular weight is 373 g/mol. The molecule has 0 radical (unpaired) electrons. The highest BCUT2D eigenvalue weighted by molar-refractivity contribution is 5.97. The van der Waals surface area contributed by atoms with Crippen molar-refractivity contribution in [2.75, 3.05) is 39.8 Å². The minimum atomic E-state index is -0.897. The third-order valence-corrected chi connectivity index (χ3v) is 4.43. The van der Waals surface area contributed by atoms with Crippen molar-refractivity contribution in [2.24, 2.45) is 0 Å². The Morgan fingerprint density at radius 1 is 1.33 bits per heavy atom. The molecule has 144 valence electrons. The molecule has 0 bridgehead atoms. The molecule has 0 spiro atoms. The fourth-order valence-electron chi connectivity index (χ4n) is 3.12. The number of aryl methyl sites for hydroxylation is 1. The first-order chi connectivity index (χ1) is 12.9. The highest BCUT2D eigenvalue weighted by Gasteiger charge is 2.29. The first-order valence-corrected chi connectivity index (χ1v) is 8.76. The molecule has 1 N–H and O–H groups in total. The van der Waals surface area contributed by atoms with E-state index in [0.717, 1.165) is 11.1 Å². The molecule has 1 fully saturated rings. The van der Waals surface area contributed by atoms with E-state index in [9.17, 15) is 9.59 Å². The standard InChI is InChI=1S/C19H23N3O5/c1-13-3-5-14(6-4-13)18-17(20-12-27-18)19(25)22-7-8-26-15(10-22)9-21(2)11-16(23)24/h3-6,12,15H,7-11H2,1-2H3,(H,23,24). The number of benzene rings is 1. The van der Waals surface area contributed by atoms with Gasteiger partial charge in [-0.25, -0.2) is 4.98 Å². The summed E-state index contributed by atoms with van der Waals surface area (Å²) >= 11 is 0. The number of carbonyl (C=O) groups is 2. The zero-order valence-electron chi connectivity index (χ0n) is 15.4. The Bertz CT molecular complexity index is 802. The summed E-state index contributed by atoms with van der Waals surface area (Å²) in [5.74, 6) is -0.661. The van der Waals surface area contributed by atoms with E-state index in [-0.39, 0.29) is 24.2 Å². The smallest absolute Gasteiger partial charge is 0.317 e. The van der Waals surface area contributed by atoms with E-state index in [4.69, 9.17) is 14.3 Å². The third-order valence-electron chi connectivity index (χ3n) is 4.43. The minimum absolute atomic E-state index is 0.0747. The quantitative estimate of drug-likeness (QED) is 0.820. The molecule has 1 aromatic heterocycles. The number of morpholine rings is 1. The van der Waals surface area contributed by atoms with Gasteiger partial charge in [-0.3, -0.25) is 14.5 Å². The summed E-state index contributed by atoms with van der Waals surface area (Å²) in [5.41, 5.74) is 2.19. The molecule has 1 atom stereocenters. The van der Waals surface area contributed by atoms with Crippen molar-refractivity contribution >= 4 is 11.9 Å². The van der Waals surface area contributed by atoms with Crippen molar-refractivity contribution < 1.29 is 23.8 Å². The SMILES string of the molecule is Cc1ccc(-c2ocnc2C(=O)N2CCOC(CN(C)CC(=O)O)C2)cc1. The first kappa shape index (κ1) is 19.1. The molecule has 2 heterocycles. The van der Waals surface area contributed by atoms with E-state index in [1.54, 1.807) is 16.8 Å². The summed E-state index contributed by atoms with van der Waals surface area (Å²) in [5, 5.41) is 8.87. The van der Waals surface area contributed by atoms with Gasteiger partial charge in [-0.15, -0.1) is 0 Å². The molecular weight excluding hydrogens is 350 g/mol. The fourth-order valence-corrected chi connectivity index (χ4v) is 3.12. The number of ether oxygens (including phenoxy) is 1. The third kappa shape index (κ3) is 4.72. The van der Waals surface area contributed by atoms with E-state index < -0.39 is 5.97 Å². The molecule has 1 aliphatic rings. The first-order valence-electron chi connectivity index (χ1n) is 8.76. The van der Waals surface area contributed by atoms with Crippen molar-refractivity contribution in [2.45, 2.75) is 13.0 Å². The lowest BCUT2D eigenvalue weighted by Crippen LogP contribution is -2.49. The molecule has 8 heteroatoms. The van der Waals surface area contributed by atoms with Crippen molar-refractivity contribution in [3.05, 3.63) is 41.9 Å². The van der Waals surface area contributed by atoms with Crippen LogP contribution in [0.2, 0.25) is 0 Å². The predicted octanol–water partition coefficient (Wildman–Crippen LogP) is 1.51. The fraction of sp³-hybridized carbons (Fsp3) is 0.421. The molecule has 3 rings (SSSR count). The van der Waals surface area contributed by atoms with Gasteiger partial charge < -0.3 is 19.2 Å². The average Bonchev–Trinajstić information content (AvgIpc) is 3.11. The Labute approximate surface area is 157 Å². The summed E-state index contributed by atoms with van der Waals surface area (Å²) in [4.78, 5) is 31.2. The van der Waals surface area contributed by atoms with Gasteiger partial charge in [-0.1, -0.05) is 29.8 Å². The molecule has 8 nitrogen and oxygen atoms in total. The summed E-state index contributed by atoms with van der Waals surface area (Å²) in [7, 11) is 1.71. The van der Waals surface area contributed by atoms with Crippen LogP contribution in [0.15, 0.2) is 35.1 Å². The van der Waals surface area contributed by atoms with Crippen LogP contribution in [0.5, 0.6) is 0 Å². The van der Waals surface area contributed by atoms with Gasteiger partial charge in [0.2, 0.25) is 0 Å². The Morgan fingerprint density at radius 3 is 2.78 bits per heavy atom. The maximum atomic E-state index is 13.0. The zero-order valence-corrected chi connectivity index (χ0v) is 15.4. The molecule has 27 heavy (non-hydrogen) atoms. The second kappa shape index (κ2) is 8.32. The number of rotatable bonds is 6. The molecular formula is C19H23N3O5. The zero-order chi connectivity index (χ0) is 19.4. The summed E-state index contributed by atoms with van der Waals surface area (Å²) in [6.45, 7) is 3.58. The largest absolute Gasteiger partial charge is 0.480 e. The second-order valence-corrected chi connectivity index (χ2v) is 6.73. The maximum absolute atomic E-state index is 13.0. The molecule has 0 saturated carbocycles. The number of carbonyl (C=O) groups excluding carboxylic acids is 1. The molecule has 0 aliphatic carbocycles. The lowest BCUT2D eigenvalue weighted by molar-refractivity contribution is -0.138. The van der Waals surface area contributed by atoms with Crippen LogP contribution in [0, 0.1) is 6.92 Å². The number of hydrogen-bond donors (Lipinski definition) is 1. The van der Waals surface area contributed by atoms with Gasteiger partial charge in [-0.05, 0) is 14.0 Å². The Morgan fingerprint density at radius 2 is 2.07 bits per heavy atom. The second-order valence-electron chi connectivity index (χ2n) is 6.73. The van der Waals surface area contributed by atoms with E-state index in [1.165, 1.54) is 6.39 Å². The number of amides is 1. The van der Waals surface area contributed by atoms with Crippen molar-refractivity contribution in [1.82, 2.24) is 14.8 Å². The van der Waals surface area contributed by atoms with Crippen LogP contribution < -0.4 is 0 Å². The van der Waals surface area contributed by atoms with E-state index in [1.807, 2.05) is 31.2 Å². The number of oxazole rings is 1. The normalized spacial score (nSPS) is 17.3. The lowest BCUT2D eigenvalue weighted by Gasteiger charge is -2.34. The molecule has 2 aromatic rings. The number of carboxylic acids is 1. The van der Waals surface area contributed by atoms with Gasteiger partial charge in [0.25, 0.3) is 5.91 Å². The minimum Gasteiger partial charge on any atom is -0.480 e. The molecule has 1 unspecified atom stereocenters. The van der Waals surface area contributed by atoms with Crippen LogP contribution in [-0.4, -0.2) is 77.7 Å². The van der Waals surface area contributed by atoms with Crippen LogP contribution in [-0.2, 0) is 9.53 Å². The predicted molar refractivity (Wildman–Crippen MR) is 97.5 cm³/mol. The van der Waals surface area contributed by atoms with E-state index in [0.29, 0.717) is 32.0 Å². The van der Waals surface area contributed by atoms with E-state index in [2.05, 4.69) is 4.98 Å². The van der Waals surface area contributed by atoms with Gasteiger partial charge in [-0.2, -0.15) is 0 Å². The molecule has 1 aromatic carbocycles. The number of likely N-dealkylation sites (N-methyl/N-ethyl adjacent to an activating group) is 1. The molecule has 1 amide bonds. The van der Waals surface area contributed by atoms with Gasteiger partial charge in [0.15, 0.2) is 17.8 Å². The van der Waals surface area contributed by atoms with E-state index >= 15 is 0 Å². The number of aliphatic carboxylic acids is 1. The Kier molecular flexibility index (Phi) is 5.88. The van der Waals surface area contributed by atoms with Gasteiger partial charge in [0.05, 0.1) is 19.3 Å². The van der Waals surface area contributed by atoms with Gasteiger partial charge in [0.1, 0.15) is 0 Å². The number of hydrogen-bond acceptors (Lipinski definition) is 6. The van der Waals surface area contributed by atoms with Gasteiger partial charge >= 0.3 is 5.97 Å². The van der Waals surface area contributed by atoms with Crippen LogP contribution in [0.3, 0.4) is 0 Å². The number of carboxylic acid groups (broad SMARTS) is 1. The summed E-state index contributed by atoms with van der Waals surface area (Å²) in [6, 6.07) is 7.70. The lowest BCUT2D eigenvalue weighted by atomic mass is 10.1. The van der Waals surface area contributed by atoms with Crippen LogP contribution in [0.25, 0.3) is 11.3 Å². The maximum Gasteiger partial charge on any atom is 0.317 e. The van der Waals surface area contributed by atoms with Gasteiger partial charge in [0, 0.05) is 25.2 Å².